The summed E-state index contributed by atoms with van der Waals surface area (Å²) in [6.07, 6.45) is 5.83. The number of ether oxygens (including phenoxy) is 1. The van der Waals surface area contributed by atoms with E-state index in [1.165, 1.54) is 7.11 Å². The van der Waals surface area contributed by atoms with Crippen molar-refractivity contribution in [3.8, 4) is 6.07 Å². The van der Waals surface area contributed by atoms with E-state index in [1.54, 1.807) is 15.9 Å². The molecule has 1 aliphatic rings. The summed E-state index contributed by atoms with van der Waals surface area (Å²) in [4.78, 5) is 27.9. The van der Waals surface area contributed by atoms with Gasteiger partial charge in [-0.25, -0.2) is 0 Å². The van der Waals surface area contributed by atoms with Crippen molar-refractivity contribution in [1.82, 2.24) is 14.4 Å². The highest BCUT2D eigenvalue weighted by Gasteiger charge is 2.22. The first-order valence-corrected chi connectivity index (χ1v) is 9.32. The summed E-state index contributed by atoms with van der Waals surface area (Å²) in [7, 11) is 1.50. The molecule has 28 heavy (non-hydrogen) atoms. The van der Waals surface area contributed by atoms with Gasteiger partial charge in [-0.05, 0) is 12.1 Å². The molecule has 2 heterocycles. The molecule has 0 bridgehead atoms. The minimum absolute atomic E-state index is 0.0460. The third kappa shape index (κ3) is 4.41. The Morgan fingerprint density at radius 3 is 2.61 bits per heavy atom. The summed E-state index contributed by atoms with van der Waals surface area (Å²) < 4.78 is 6.92. The van der Waals surface area contributed by atoms with Gasteiger partial charge in [0.2, 0.25) is 11.8 Å². The second-order valence-electron chi connectivity index (χ2n) is 6.68. The Morgan fingerprint density at radius 1 is 1.18 bits per heavy atom. The SMILES string of the molecule is COCC(=O)N1CCN(C(=O)C=Cc2cn(CCC#N)c3ccccc23)CC1. The Morgan fingerprint density at radius 2 is 1.89 bits per heavy atom. The first-order valence-electron chi connectivity index (χ1n) is 9.32. The number of para-hydroxylation sites is 1. The van der Waals surface area contributed by atoms with Crippen molar-refractivity contribution in [1.29, 1.82) is 5.26 Å². The Labute approximate surface area is 164 Å². The predicted molar refractivity (Wildman–Crippen MR) is 106 cm³/mol. The highest BCUT2D eigenvalue weighted by molar-refractivity contribution is 5.96. The van der Waals surface area contributed by atoms with E-state index in [2.05, 4.69) is 6.07 Å². The van der Waals surface area contributed by atoms with Crippen LogP contribution in [0.3, 0.4) is 0 Å². The van der Waals surface area contributed by atoms with Crippen LogP contribution in [0.1, 0.15) is 12.0 Å². The van der Waals surface area contributed by atoms with Crippen LogP contribution in [0.15, 0.2) is 36.5 Å². The van der Waals surface area contributed by atoms with Gasteiger partial charge in [0.05, 0.1) is 12.5 Å². The molecule has 1 aromatic heterocycles. The van der Waals surface area contributed by atoms with Gasteiger partial charge in [0.25, 0.3) is 0 Å². The fourth-order valence-corrected chi connectivity index (χ4v) is 3.42. The summed E-state index contributed by atoms with van der Waals surface area (Å²) in [6.45, 7) is 2.77. The van der Waals surface area contributed by atoms with E-state index < -0.39 is 0 Å². The smallest absolute Gasteiger partial charge is 0.248 e. The molecule has 0 spiro atoms. The van der Waals surface area contributed by atoms with Crippen molar-refractivity contribution >= 4 is 28.8 Å². The number of hydrogen-bond donors (Lipinski definition) is 0. The summed E-state index contributed by atoms with van der Waals surface area (Å²) in [6, 6.07) is 10.1. The average Bonchev–Trinajstić information content (AvgIpc) is 3.08. The first-order chi connectivity index (χ1) is 13.6. The summed E-state index contributed by atoms with van der Waals surface area (Å²) in [5.74, 6) is -0.108. The maximum Gasteiger partial charge on any atom is 0.248 e. The van der Waals surface area contributed by atoms with Crippen molar-refractivity contribution in [3.05, 3.63) is 42.1 Å². The summed E-state index contributed by atoms with van der Waals surface area (Å²) >= 11 is 0. The van der Waals surface area contributed by atoms with E-state index in [0.717, 1.165) is 16.5 Å². The molecule has 0 N–H and O–H groups in total. The monoisotopic (exact) mass is 380 g/mol. The number of fused-ring (bicyclic) bond motifs is 1. The summed E-state index contributed by atoms with van der Waals surface area (Å²) in [5, 5.41) is 9.91. The molecule has 2 aromatic rings. The van der Waals surface area contributed by atoms with Gasteiger partial charge in [-0.15, -0.1) is 0 Å². The number of aryl methyl sites for hydroxylation is 1. The Balaban J connectivity index is 1.67. The zero-order valence-corrected chi connectivity index (χ0v) is 16.0. The number of nitrogens with zero attached hydrogens (tertiary/aromatic N) is 4. The van der Waals surface area contributed by atoms with Gasteiger partial charge in [0.15, 0.2) is 0 Å². The Bertz CT molecular complexity index is 917. The Hall–Kier alpha value is -3.11. The normalized spacial score (nSPS) is 14.6. The number of benzene rings is 1. The van der Waals surface area contributed by atoms with Crippen LogP contribution in [0.4, 0.5) is 0 Å². The first kappa shape index (κ1) is 19.6. The number of methoxy groups -OCH3 is 1. The molecular weight excluding hydrogens is 356 g/mol. The maximum absolute atomic E-state index is 12.5. The molecule has 0 unspecified atom stereocenters. The molecule has 1 fully saturated rings. The third-order valence-electron chi connectivity index (χ3n) is 4.90. The van der Waals surface area contributed by atoms with Gasteiger partial charge in [-0.1, -0.05) is 18.2 Å². The van der Waals surface area contributed by atoms with E-state index in [-0.39, 0.29) is 18.4 Å². The van der Waals surface area contributed by atoms with Gasteiger partial charge in [0.1, 0.15) is 6.61 Å². The van der Waals surface area contributed by atoms with Crippen molar-refractivity contribution in [2.24, 2.45) is 0 Å². The van der Waals surface area contributed by atoms with E-state index in [0.29, 0.717) is 39.1 Å². The molecule has 7 heteroatoms. The van der Waals surface area contributed by atoms with Gasteiger partial charge < -0.3 is 19.1 Å². The van der Waals surface area contributed by atoms with Crippen LogP contribution in [0.2, 0.25) is 0 Å². The van der Waals surface area contributed by atoms with E-state index in [4.69, 9.17) is 10.00 Å². The molecule has 146 valence electrons. The lowest BCUT2D eigenvalue weighted by molar-refractivity contribution is -0.140. The van der Waals surface area contributed by atoms with Crippen molar-refractivity contribution < 1.29 is 14.3 Å². The van der Waals surface area contributed by atoms with E-state index >= 15 is 0 Å². The van der Waals surface area contributed by atoms with Crippen molar-refractivity contribution in [2.45, 2.75) is 13.0 Å². The van der Waals surface area contributed by atoms with Crippen LogP contribution >= 0.6 is 0 Å². The molecule has 0 saturated carbocycles. The molecule has 7 nitrogen and oxygen atoms in total. The lowest BCUT2D eigenvalue weighted by Gasteiger charge is -2.34. The topological polar surface area (TPSA) is 78.6 Å². The van der Waals surface area contributed by atoms with E-state index in [1.807, 2.05) is 41.1 Å². The second kappa shape index (κ2) is 9.20. The number of rotatable bonds is 6. The minimum atomic E-state index is -0.0623. The number of amides is 2. The van der Waals surface area contributed by atoms with Gasteiger partial charge in [-0.2, -0.15) is 5.26 Å². The highest BCUT2D eigenvalue weighted by Crippen LogP contribution is 2.23. The van der Waals surface area contributed by atoms with Gasteiger partial charge in [0, 0.05) is 68.6 Å². The van der Waals surface area contributed by atoms with Crippen LogP contribution in [0.5, 0.6) is 0 Å². The summed E-state index contributed by atoms with van der Waals surface area (Å²) in [5.41, 5.74) is 2.01. The lowest BCUT2D eigenvalue weighted by atomic mass is 10.1. The molecule has 0 aliphatic carbocycles. The quantitative estimate of drug-likeness (QED) is 0.717. The number of aromatic nitrogens is 1. The zero-order chi connectivity index (χ0) is 19.9. The minimum Gasteiger partial charge on any atom is -0.375 e. The Kier molecular flexibility index (Phi) is 6.45. The number of nitriles is 1. The standard InChI is InChI=1S/C21H24N4O3/c1-28-16-21(27)24-13-11-23(12-14-24)20(26)8-7-17-15-25(10-4-9-22)19-6-3-2-5-18(17)19/h2-3,5-8,15H,4,10-14,16H2,1H3. The molecular formula is C21H24N4O3. The second-order valence-corrected chi connectivity index (χ2v) is 6.68. The average molecular weight is 380 g/mol. The van der Waals surface area contributed by atoms with Crippen molar-refractivity contribution in [3.63, 3.8) is 0 Å². The van der Waals surface area contributed by atoms with Crippen LogP contribution in [0, 0.1) is 11.3 Å². The third-order valence-corrected chi connectivity index (χ3v) is 4.90. The molecule has 1 aromatic carbocycles. The molecule has 1 saturated heterocycles. The van der Waals surface area contributed by atoms with Crippen LogP contribution in [0.25, 0.3) is 17.0 Å². The van der Waals surface area contributed by atoms with Crippen LogP contribution in [-0.4, -0.2) is 66.1 Å². The van der Waals surface area contributed by atoms with Crippen LogP contribution < -0.4 is 0 Å². The number of carbonyl (C=O) groups is 2. The lowest BCUT2D eigenvalue weighted by Crippen LogP contribution is -2.51. The number of piperazine rings is 1. The molecule has 0 atom stereocenters. The zero-order valence-electron chi connectivity index (χ0n) is 16.0. The van der Waals surface area contributed by atoms with Crippen molar-refractivity contribution in [2.75, 3.05) is 39.9 Å². The predicted octanol–water partition coefficient (Wildman–Crippen LogP) is 1.89. The van der Waals surface area contributed by atoms with Gasteiger partial charge >= 0.3 is 0 Å². The number of carbonyl (C=O) groups excluding carboxylic acids is 2. The maximum atomic E-state index is 12.5. The van der Waals surface area contributed by atoms with Gasteiger partial charge in [-0.3, -0.25) is 9.59 Å². The molecule has 0 radical (unpaired) electrons. The molecule has 2 amide bonds. The molecule has 3 rings (SSSR count). The van der Waals surface area contributed by atoms with Crippen LogP contribution in [-0.2, 0) is 20.9 Å². The highest BCUT2D eigenvalue weighted by atomic mass is 16.5. The van der Waals surface area contributed by atoms with E-state index in [9.17, 15) is 9.59 Å². The number of hydrogen-bond acceptors (Lipinski definition) is 4. The molecule has 1 aliphatic heterocycles. The fourth-order valence-electron chi connectivity index (χ4n) is 3.42. The fraction of sp³-hybridized carbons (Fsp3) is 0.381. The largest absolute Gasteiger partial charge is 0.375 e.